The molecule has 0 bridgehead atoms. The maximum Gasteiger partial charge on any atom is 0.134 e. The molecule has 0 radical (unpaired) electrons. The predicted molar refractivity (Wildman–Crippen MR) is 54.6 cm³/mol. The second kappa shape index (κ2) is 5.10. The fourth-order valence-corrected chi connectivity index (χ4v) is 1.23. The molecule has 0 saturated carbocycles. The second-order valence-corrected chi connectivity index (χ2v) is 3.15. The van der Waals surface area contributed by atoms with Gasteiger partial charge in [0.25, 0.3) is 0 Å². The van der Waals surface area contributed by atoms with Crippen molar-refractivity contribution in [1.29, 1.82) is 0 Å². The van der Waals surface area contributed by atoms with Crippen LogP contribution >= 0.6 is 23.2 Å². The Hall–Kier alpha value is -0.730. The zero-order valence-electron chi connectivity index (χ0n) is 6.96. The summed E-state index contributed by atoms with van der Waals surface area (Å²) in [6.45, 7) is 4.15. The van der Waals surface area contributed by atoms with Crippen molar-refractivity contribution in [3.8, 4) is 5.75 Å². The third-order valence-corrected chi connectivity index (χ3v) is 1.71. The SMILES string of the molecule is C=CCCOc1cc(Cl)nc(Cl)c1. The number of nitrogens with zero attached hydrogens (tertiary/aromatic N) is 1. The number of ether oxygens (including phenoxy) is 1. The molecule has 0 saturated heterocycles. The molecular weight excluding hydrogens is 209 g/mol. The highest BCUT2D eigenvalue weighted by atomic mass is 35.5. The van der Waals surface area contributed by atoms with E-state index in [1.165, 1.54) is 0 Å². The monoisotopic (exact) mass is 217 g/mol. The summed E-state index contributed by atoms with van der Waals surface area (Å²) >= 11 is 11.3. The number of rotatable bonds is 4. The van der Waals surface area contributed by atoms with Gasteiger partial charge in [-0.2, -0.15) is 0 Å². The van der Waals surface area contributed by atoms with E-state index in [0.717, 1.165) is 6.42 Å². The summed E-state index contributed by atoms with van der Waals surface area (Å²) in [6, 6.07) is 3.24. The van der Waals surface area contributed by atoms with Gasteiger partial charge in [-0.05, 0) is 6.42 Å². The lowest BCUT2D eigenvalue weighted by Crippen LogP contribution is -1.95. The van der Waals surface area contributed by atoms with Crippen molar-refractivity contribution < 1.29 is 4.74 Å². The minimum absolute atomic E-state index is 0.334. The van der Waals surface area contributed by atoms with Crippen LogP contribution in [0.2, 0.25) is 10.3 Å². The molecular formula is C9H9Cl2NO. The molecule has 0 aliphatic heterocycles. The fraction of sp³-hybridized carbons (Fsp3) is 0.222. The van der Waals surface area contributed by atoms with Gasteiger partial charge in [0.05, 0.1) is 6.61 Å². The lowest BCUT2D eigenvalue weighted by molar-refractivity contribution is 0.325. The van der Waals surface area contributed by atoms with E-state index >= 15 is 0 Å². The third kappa shape index (κ3) is 3.66. The predicted octanol–water partition coefficient (Wildman–Crippen LogP) is 3.34. The van der Waals surface area contributed by atoms with Crippen molar-refractivity contribution in [2.24, 2.45) is 0 Å². The van der Waals surface area contributed by atoms with Crippen molar-refractivity contribution >= 4 is 23.2 Å². The van der Waals surface area contributed by atoms with Gasteiger partial charge in [0.2, 0.25) is 0 Å². The van der Waals surface area contributed by atoms with Crippen LogP contribution in [0.5, 0.6) is 5.75 Å². The van der Waals surface area contributed by atoms with E-state index in [4.69, 9.17) is 27.9 Å². The molecule has 0 atom stereocenters. The fourth-order valence-electron chi connectivity index (χ4n) is 0.786. The number of hydrogen-bond acceptors (Lipinski definition) is 2. The standard InChI is InChI=1S/C9H9Cl2NO/c1-2-3-4-13-7-5-8(10)12-9(11)6-7/h2,5-6H,1,3-4H2. The average Bonchev–Trinajstić information content (AvgIpc) is 2.03. The minimum Gasteiger partial charge on any atom is -0.493 e. The van der Waals surface area contributed by atoms with Crippen LogP contribution in [0, 0.1) is 0 Å². The molecule has 13 heavy (non-hydrogen) atoms. The Labute approximate surface area is 87.1 Å². The van der Waals surface area contributed by atoms with E-state index in [1.807, 2.05) is 0 Å². The smallest absolute Gasteiger partial charge is 0.134 e. The topological polar surface area (TPSA) is 22.1 Å². The van der Waals surface area contributed by atoms with Crippen LogP contribution in [-0.2, 0) is 0 Å². The molecule has 0 aliphatic rings. The molecule has 1 rings (SSSR count). The van der Waals surface area contributed by atoms with Gasteiger partial charge < -0.3 is 4.74 Å². The molecule has 0 amide bonds. The normalized spacial score (nSPS) is 9.69. The minimum atomic E-state index is 0.334. The van der Waals surface area contributed by atoms with Crippen LogP contribution < -0.4 is 4.74 Å². The average molecular weight is 218 g/mol. The first-order valence-corrected chi connectivity index (χ1v) is 4.55. The second-order valence-electron chi connectivity index (χ2n) is 2.37. The van der Waals surface area contributed by atoms with Crippen LogP contribution in [0.15, 0.2) is 24.8 Å². The first kappa shape index (κ1) is 10.4. The summed E-state index contributed by atoms with van der Waals surface area (Å²) in [5.41, 5.74) is 0. The Morgan fingerprint density at radius 2 is 2.00 bits per heavy atom. The third-order valence-electron chi connectivity index (χ3n) is 1.33. The summed E-state index contributed by atoms with van der Waals surface area (Å²) in [5.74, 6) is 0.631. The quantitative estimate of drug-likeness (QED) is 0.439. The van der Waals surface area contributed by atoms with Crippen molar-refractivity contribution in [1.82, 2.24) is 4.98 Å². The van der Waals surface area contributed by atoms with Gasteiger partial charge in [-0.3, -0.25) is 0 Å². The molecule has 0 unspecified atom stereocenters. The van der Waals surface area contributed by atoms with Crippen LogP contribution in [0.25, 0.3) is 0 Å². The number of halogens is 2. The van der Waals surface area contributed by atoms with Crippen molar-refractivity contribution in [2.45, 2.75) is 6.42 Å². The van der Waals surface area contributed by atoms with Crippen LogP contribution in [-0.4, -0.2) is 11.6 Å². The van der Waals surface area contributed by atoms with Crippen LogP contribution in [0.3, 0.4) is 0 Å². The van der Waals surface area contributed by atoms with Crippen molar-refractivity contribution in [3.63, 3.8) is 0 Å². The van der Waals surface area contributed by atoms with E-state index in [9.17, 15) is 0 Å². The summed E-state index contributed by atoms with van der Waals surface area (Å²) in [6.07, 6.45) is 2.57. The largest absolute Gasteiger partial charge is 0.493 e. The number of aromatic nitrogens is 1. The molecule has 0 N–H and O–H groups in total. The molecule has 1 aromatic rings. The van der Waals surface area contributed by atoms with Gasteiger partial charge in [0.15, 0.2) is 0 Å². The molecule has 0 aliphatic carbocycles. The Balaban J connectivity index is 2.60. The lowest BCUT2D eigenvalue weighted by Gasteiger charge is -2.04. The Morgan fingerprint density at radius 1 is 1.38 bits per heavy atom. The van der Waals surface area contributed by atoms with E-state index in [2.05, 4.69) is 11.6 Å². The molecule has 4 heteroatoms. The first-order chi connectivity index (χ1) is 6.22. The van der Waals surface area contributed by atoms with Crippen molar-refractivity contribution in [2.75, 3.05) is 6.61 Å². The van der Waals surface area contributed by atoms with Gasteiger partial charge >= 0.3 is 0 Å². The number of pyridine rings is 1. The van der Waals surface area contributed by atoms with Gasteiger partial charge in [0, 0.05) is 12.1 Å². The van der Waals surface area contributed by atoms with Gasteiger partial charge in [0.1, 0.15) is 16.1 Å². The summed E-state index contributed by atoms with van der Waals surface area (Å²) in [5, 5.41) is 0.669. The molecule has 0 aromatic carbocycles. The van der Waals surface area contributed by atoms with E-state index in [1.54, 1.807) is 18.2 Å². The Bertz CT molecular complexity index is 281. The molecule has 2 nitrogen and oxygen atoms in total. The highest BCUT2D eigenvalue weighted by molar-refractivity contribution is 6.32. The van der Waals surface area contributed by atoms with Gasteiger partial charge in [-0.15, -0.1) is 6.58 Å². The van der Waals surface area contributed by atoms with Crippen LogP contribution in [0.1, 0.15) is 6.42 Å². The Morgan fingerprint density at radius 3 is 2.54 bits per heavy atom. The molecule has 1 heterocycles. The van der Waals surface area contributed by atoms with Gasteiger partial charge in [-0.25, -0.2) is 4.98 Å². The summed E-state index contributed by atoms with van der Waals surface area (Å²) < 4.78 is 5.33. The summed E-state index contributed by atoms with van der Waals surface area (Å²) in [4.78, 5) is 3.79. The zero-order chi connectivity index (χ0) is 9.68. The van der Waals surface area contributed by atoms with E-state index in [0.29, 0.717) is 22.7 Å². The maximum atomic E-state index is 5.67. The van der Waals surface area contributed by atoms with E-state index < -0.39 is 0 Å². The maximum absolute atomic E-state index is 5.67. The molecule has 1 aromatic heterocycles. The molecule has 0 fully saturated rings. The molecule has 0 spiro atoms. The molecule has 70 valence electrons. The first-order valence-electron chi connectivity index (χ1n) is 3.79. The zero-order valence-corrected chi connectivity index (χ0v) is 8.48. The highest BCUT2D eigenvalue weighted by Gasteiger charge is 1.99. The lowest BCUT2D eigenvalue weighted by atomic mass is 10.4. The van der Waals surface area contributed by atoms with E-state index in [-0.39, 0.29) is 0 Å². The van der Waals surface area contributed by atoms with Crippen molar-refractivity contribution in [3.05, 3.63) is 35.1 Å². The Kier molecular flexibility index (Phi) is 4.06. The van der Waals surface area contributed by atoms with Gasteiger partial charge in [-0.1, -0.05) is 29.3 Å². The number of hydrogen-bond donors (Lipinski definition) is 0. The summed E-state index contributed by atoms with van der Waals surface area (Å²) in [7, 11) is 0. The highest BCUT2D eigenvalue weighted by Crippen LogP contribution is 2.20. The van der Waals surface area contributed by atoms with Crippen LogP contribution in [0.4, 0.5) is 0 Å².